The van der Waals surface area contributed by atoms with E-state index in [1.165, 1.54) is 0 Å². The van der Waals surface area contributed by atoms with Gasteiger partial charge in [0.1, 0.15) is 11.5 Å². The van der Waals surface area contributed by atoms with Gasteiger partial charge in [0.05, 0.1) is 5.56 Å². The quantitative estimate of drug-likeness (QED) is 0.900. The van der Waals surface area contributed by atoms with Crippen LogP contribution >= 0.6 is 0 Å². The molecule has 2 rings (SSSR count). The van der Waals surface area contributed by atoms with Gasteiger partial charge < -0.3 is 14.2 Å². The van der Waals surface area contributed by atoms with Crippen LogP contribution in [0, 0.1) is 13.8 Å². The molecule has 0 unspecified atom stereocenters. The number of hydrogen-bond donors (Lipinski definition) is 1. The highest BCUT2D eigenvalue weighted by Crippen LogP contribution is 2.23. The van der Waals surface area contributed by atoms with Gasteiger partial charge in [0.2, 0.25) is 0 Å². The molecule has 0 saturated heterocycles. The lowest BCUT2D eigenvalue weighted by Crippen LogP contribution is -2.27. The zero-order valence-corrected chi connectivity index (χ0v) is 11.8. The van der Waals surface area contributed by atoms with Crippen LogP contribution in [0.25, 0.3) is 11.5 Å². The van der Waals surface area contributed by atoms with Crippen molar-refractivity contribution in [3.05, 3.63) is 33.9 Å². The van der Waals surface area contributed by atoms with E-state index in [0.29, 0.717) is 17.0 Å². The molecule has 0 aliphatic carbocycles. The van der Waals surface area contributed by atoms with Gasteiger partial charge in [0.15, 0.2) is 5.76 Å². The van der Waals surface area contributed by atoms with Gasteiger partial charge in [-0.1, -0.05) is 0 Å². The predicted octanol–water partition coefficient (Wildman–Crippen LogP) is 3.12. The van der Waals surface area contributed by atoms with Gasteiger partial charge in [0.25, 0.3) is 6.01 Å². The van der Waals surface area contributed by atoms with Crippen LogP contribution in [0.1, 0.15) is 32.1 Å². The highest BCUT2D eigenvalue weighted by Gasteiger charge is 2.18. The molecule has 0 amide bonds. The number of nitrogens with one attached hydrogen (secondary N) is 1. The third-order valence-corrected chi connectivity index (χ3v) is 2.52. The fourth-order valence-electron chi connectivity index (χ4n) is 1.65. The van der Waals surface area contributed by atoms with Crippen molar-refractivity contribution in [2.24, 2.45) is 0 Å². The summed E-state index contributed by atoms with van der Waals surface area (Å²) in [7, 11) is 0. The molecule has 0 aliphatic rings. The summed E-state index contributed by atoms with van der Waals surface area (Å²) in [5.74, 6) is 1.34. The zero-order chi connectivity index (χ0) is 14.2. The lowest BCUT2D eigenvalue weighted by molar-refractivity contribution is 0.474. The number of nitrogens with zero attached hydrogens (tertiary/aromatic N) is 1. The molecule has 2 aromatic rings. The van der Waals surface area contributed by atoms with Gasteiger partial charge in [-0.25, -0.2) is 4.79 Å². The summed E-state index contributed by atoms with van der Waals surface area (Å²) in [5.41, 5.74) is 0.296. The Morgan fingerprint density at radius 2 is 1.84 bits per heavy atom. The Hall–Kier alpha value is -2.04. The highest BCUT2D eigenvalue weighted by molar-refractivity contribution is 5.57. The molecular formula is C14H18N2O3. The second-order valence-electron chi connectivity index (χ2n) is 5.57. The molecule has 0 radical (unpaired) electrons. The molecule has 0 bridgehead atoms. The lowest BCUT2D eigenvalue weighted by atomic mass is 10.1. The van der Waals surface area contributed by atoms with E-state index in [1.54, 1.807) is 13.0 Å². The number of anilines is 1. The molecule has 2 aromatic heterocycles. The molecule has 5 nitrogen and oxygen atoms in total. The molecule has 0 fully saturated rings. The van der Waals surface area contributed by atoms with E-state index in [1.807, 2.05) is 33.8 Å². The molecular weight excluding hydrogens is 244 g/mol. The van der Waals surface area contributed by atoms with Crippen molar-refractivity contribution in [1.29, 1.82) is 0 Å². The van der Waals surface area contributed by atoms with Crippen LogP contribution in [0.3, 0.4) is 0 Å². The Kier molecular flexibility index (Phi) is 3.22. The Morgan fingerprint density at radius 3 is 2.37 bits per heavy atom. The normalized spacial score (nSPS) is 11.6. The molecule has 0 saturated carbocycles. The average molecular weight is 262 g/mol. The van der Waals surface area contributed by atoms with Crippen molar-refractivity contribution in [2.75, 3.05) is 5.32 Å². The van der Waals surface area contributed by atoms with Crippen LogP contribution in [0.2, 0.25) is 0 Å². The lowest BCUT2D eigenvalue weighted by Gasteiger charge is -2.19. The van der Waals surface area contributed by atoms with Crippen molar-refractivity contribution in [3.8, 4) is 11.5 Å². The van der Waals surface area contributed by atoms with Crippen LogP contribution in [0.5, 0.6) is 0 Å². The minimum absolute atomic E-state index is 0.201. The molecule has 1 N–H and O–H groups in total. The van der Waals surface area contributed by atoms with Crippen LogP contribution in [-0.4, -0.2) is 10.5 Å². The summed E-state index contributed by atoms with van der Waals surface area (Å²) >= 11 is 0. The van der Waals surface area contributed by atoms with Gasteiger partial charge in [-0.15, -0.1) is 0 Å². The third kappa shape index (κ3) is 3.05. The summed E-state index contributed by atoms with van der Waals surface area (Å²) in [6.45, 7) is 9.41. The standard InChI is InChI=1S/C14H18N2O3/c1-8-6-7-10(18-8)11-9(2)12(17)19-13(15-11)16-14(3,4)5/h6-7H,1-5H3,(H,15,16). The maximum absolute atomic E-state index is 11.8. The second-order valence-corrected chi connectivity index (χ2v) is 5.57. The van der Waals surface area contributed by atoms with E-state index in [2.05, 4.69) is 10.3 Å². The van der Waals surface area contributed by atoms with Crippen LogP contribution < -0.4 is 10.9 Å². The number of furan rings is 1. The first kappa shape index (κ1) is 13.4. The molecule has 0 aromatic carbocycles. The van der Waals surface area contributed by atoms with E-state index in [0.717, 1.165) is 5.76 Å². The molecule has 0 spiro atoms. The summed E-state index contributed by atoms with van der Waals surface area (Å²) in [5, 5.41) is 3.05. The van der Waals surface area contributed by atoms with Crippen LogP contribution in [-0.2, 0) is 0 Å². The molecule has 0 atom stereocenters. The van der Waals surface area contributed by atoms with Crippen molar-refractivity contribution in [3.63, 3.8) is 0 Å². The number of aromatic nitrogens is 1. The second kappa shape index (κ2) is 4.57. The van der Waals surface area contributed by atoms with Gasteiger partial charge >= 0.3 is 5.63 Å². The maximum atomic E-state index is 11.8. The number of hydrogen-bond acceptors (Lipinski definition) is 5. The Morgan fingerprint density at radius 1 is 1.16 bits per heavy atom. The van der Waals surface area contributed by atoms with E-state index >= 15 is 0 Å². The van der Waals surface area contributed by atoms with Gasteiger partial charge in [-0.3, -0.25) is 0 Å². The van der Waals surface area contributed by atoms with Crippen molar-refractivity contribution >= 4 is 6.01 Å². The first-order valence-corrected chi connectivity index (χ1v) is 6.13. The zero-order valence-electron chi connectivity index (χ0n) is 11.8. The molecule has 19 heavy (non-hydrogen) atoms. The SMILES string of the molecule is Cc1ccc(-c2nc(NC(C)(C)C)oc(=O)c2C)o1. The predicted molar refractivity (Wildman–Crippen MR) is 73.3 cm³/mol. The topological polar surface area (TPSA) is 68.3 Å². The smallest absolute Gasteiger partial charge is 0.343 e. The van der Waals surface area contributed by atoms with Crippen LogP contribution in [0.15, 0.2) is 25.8 Å². The molecule has 2 heterocycles. The van der Waals surface area contributed by atoms with Crippen LogP contribution in [0.4, 0.5) is 6.01 Å². The minimum Gasteiger partial charge on any atom is -0.460 e. The minimum atomic E-state index is -0.411. The van der Waals surface area contributed by atoms with Crippen molar-refractivity contribution in [2.45, 2.75) is 40.2 Å². The summed E-state index contributed by atoms with van der Waals surface area (Å²) in [6, 6.07) is 3.83. The first-order valence-electron chi connectivity index (χ1n) is 6.13. The van der Waals surface area contributed by atoms with Crippen molar-refractivity contribution in [1.82, 2.24) is 4.98 Å². The third-order valence-electron chi connectivity index (χ3n) is 2.52. The van der Waals surface area contributed by atoms with E-state index < -0.39 is 5.63 Å². The fraction of sp³-hybridized carbons (Fsp3) is 0.429. The van der Waals surface area contributed by atoms with E-state index in [9.17, 15) is 4.79 Å². The fourth-order valence-corrected chi connectivity index (χ4v) is 1.65. The Balaban J connectivity index is 2.52. The van der Waals surface area contributed by atoms with E-state index in [4.69, 9.17) is 8.83 Å². The number of rotatable bonds is 2. The van der Waals surface area contributed by atoms with Gasteiger partial charge in [-0.05, 0) is 46.8 Å². The Labute approximate surface area is 111 Å². The van der Waals surface area contributed by atoms with Gasteiger partial charge in [0, 0.05) is 5.54 Å². The molecule has 102 valence electrons. The molecule has 0 aliphatic heterocycles. The van der Waals surface area contributed by atoms with Gasteiger partial charge in [-0.2, -0.15) is 4.98 Å². The number of aryl methyl sites for hydroxylation is 1. The largest absolute Gasteiger partial charge is 0.460 e. The highest BCUT2D eigenvalue weighted by atomic mass is 16.4. The monoisotopic (exact) mass is 262 g/mol. The average Bonchev–Trinajstić information content (AvgIpc) is 2.67. The molecule has 5 heteroatoms. The maximum Gasteiger partial charge on any atom is 0.343 e. The first-order chi connectivity index (χ1) is 8.76. The van der Waals surface area contributed by atoms with Crippen molar-refractivity contribution < 1.29 is 8.83 Å². The Bertz CT molecular complexity index is 647. The summed E-state index contributed by atoms with van der Waals surface area (Å²) in [4.78, 5) is 16.2. The summed E-state index contributed by atoms with van der Waals surface area (Å²) in [6.07, 6.45) is 0. The van der Waals surface area contributed by atoms with E-state index in [-0.39, 0.29) is 11.6 Å². The summed E-state index contributed by atoms with van der Waals surface area (Å²) < 4.78 is 10.7.